The summed E-state index contributed by atoms with van der Waals surface area (Å²) in [5, 5.41) is 0. The van der Waals surface area contributed by atoms with E-state index in [2.05, 4.69) is 0 Å². The first kappa shape index (κ1) is 15.3. The van der Waals surface area contributed by atoms with Crippen molar-refractivity contribution in [3.05, 3.63) is 35.1 Å². The lowest BCUT2D eigenvalue weighted by atomic mass is 9.85. The molecule has 0 aliphatic carbocycles. The van der Waals surface area contributed by atoms with Crippen LogP contribution in [0.1, 0.15) is 43.1 Å². The van der Waals surface area contributed by atoms with Gasteiger partial charge in [0.1, 0.15) is 5.82 Å². The van der Waals surface area contributed by atoms with Crippen LogP contribution in [0.4, 0.5) is 4.39 Å². The zero-order valence-electron chi connectivity index (χ0n) is 11.7. The van der Waals surface area contributed by atoms with E-state index >= 15 is 0 Å². The van der Waals surface area contributed by atoms with Crippen LogP contribution in [0.2, 0.25) is 0 Å². The first-order valence-electron chi connectivity index (χ1n) is 6.22. The number of methoxy groups -OCH3 is 1. The van der Waals surface area contributed by atoms with Crippen molar-refractivity contribution in [3.63, 3.8) is 0 Å². The number of halogens is 1. The summed E-state index contributed by atoms with van der Waals surface area (Å²) in [6, 6.07) is 4.47. The first-order valence-corrected chi connectivity index (χ1v) is 6.22. The Morgan fingerprint density at radius 1 is 1.32 bits per heavy atom. The number of carbonyl (C=O) groups is 2. The molecule has 0 unspecified atom stereocenters. The maximum absolute atomic E-state index is 13.8. The third-order valence-corrected chi connectivity index (χ3v) is 3.04. The van der Waals surface area contributed by atoms with Gasteiger partial charge < -0.3 is 4.74 Å². The van der Waals surface area contributed by atoms with Crippen LogP contribution in [0, 0.1) is 11.2 Å². The fourth-order valence-corrected chi connectivity index (χ4v) is 1.94. The predicted molar refractivity (Wildman–Crippen MR) is 70.5 cm³/mol. The quantitative estimate of drug-likeness (QED) is 0.607. The number of ether oxygens (including phenoxy) is 1. The highest BCUT2D eigenvalue weighted by Crippen LogP contribution is 2.24. The third kappa shape index (κ3) is 3.63. The third-order valence-electron chi connectivity index (χ3n) is 3.04. The molecule has 0 radical (unpaired) electrons. The van der Waals surface area contributed by atoms with Crippen molar-refractivity contribution < 1.29 is 18.7 Å². The summed E-state index contributed by atoms with van der Waals surface area (Å²) in [6.07, 6.45) is 0.626. The Kier molecular flexibility index (Phi) is 4.81. The van der Waals surface area contributed by atoms with E-state index in [-0.39, 0.29) is 23.7 Å². The van der Waals surface area contributed by atoms with Crippen molar-refractivity contribution in [2.24, 2.45) is 5.41 Å². The summed E-state index contributed by atoms with van der Waals surface area (Å²) in [7, 11) is 1.33. The number of hydrogen-bond donors (Lipinski definition) is 0. The largest absolute Gasteiger partial charge is 0.469 e. The van der Waals surface area contributed by atoms with Crippen LogP contribution in [0.5, 0.6) is 0 Å². The molecular formula is C15H19FO3. The molecule has 0 spiro atoms. The second kappa shape index (κ2) is 5.95. The van der Waals surface area contributed by atoms with Crippen LogP contribution in [0.25, 0.3) is 0 Å². The van der Waals surface area contributed by atoms with E-state index in [0.717, 1.165) is 0 Å². The van der Waals surface area contributed by atoms with Gasteiger partial charge in [-0.2, -0.15) is 0 Å². The van der Waals surface area contributed by atoms with Gasteiger partial charge >= 0.3 is 5.97 Å². The average molecular weight is 266 g/mol. The zero-order chi connectivity index (χ0) is 14.6. The summed E-state index contributed by atoms with van der Waals surface area (Å²) in [5.41, 5.74) is 0.0416. The number of benzene rings is 1. The number of hydrogen-bond acceptors (Lipinski definition) is 3. The van der Waals surface area contributed by atoms with Gasteiger partial charge in [-0.3, -0.25) is 9.59 Å². The lowest BCUT2D eigenvalue weighted by Crippen LogP contribution is -2.28. The lowest BCUT2D eigenvalue weighted by molar-refractivity contribution is -0.150. The van der Waals surface area contributed by atoms with Gasteiger partial charge in [0.25, 0.3) is 0 Å². The number of Topliss-reactive ketones (excluding diaryl/α,β-unsaturated/α-hetero) is 1. The van der Waals surface area contributed by atoms with Crippen LogP contribution in [-0.2, 0) is 16.0 Å². The zero-order valence-corrected chi connectivity index (χ0v) is 11.7. The molecule has 0 N–H and O–H groups in total. The minimum absolute atomic E-state index is 0.0992. The van der Waals surface area contributed by atoms with Gasteiger partial charge in [0.2, 0.25) is 0 Å². The normalized spacial score (nSPS) is 11.2. The molecule has 0 aromatic heterocycles. The molecular weight excluding hydrogens is 247 g/mol. The van der Waals surface area contributed by atoms with Crippen molar-refractivity contribution in [3.8, 4) is 0 Å². The Balaban J connectivity index is 2.96. The molecule has 3 nitrogen and oxygen atoms in total. The molecule has 104 valence electrons. The minimum Gasteiger partial charge on any atom is -0.469 e. The summed E-state index contributed by atoms with van der Waals surface area (Å²) in [5.74, 6) is -1.11. The molecule has 0 fully saturated rings. The monoisotopic (exact) mass is 266 g/mol. The van der Waals surface area contributed by atoms with E-state index in [4.69, 9.17) is 4.74 Å². The summed E-state index contributed by atoms with van der Waals surface area (Å²) in [6.45, 7) is 5.17. The van der Waals surface area contributed by atoms with Gasteiger partial charge in [0.05, 0.1) is 18.1 Å². The number of ketones is 1. The maximum Gasteiger partial charge on any atom is 0.311 e. The average Bonchev–Trinajstić information content (AvgIpc) is 2.36. The van der Waals surface area contributed by atoms with Crippen molar-refractivity contribution >= 4 is 11.8 Å². The van der Waals surface area contributed by atoms with Crippen LogP contribution in [0.15, 0.2) is 18.2 Å². The number of carbonyl (C=O) groups excluding carboxylic acids is 2. The van der Waals surface area contributed by atoms with Gasteiger partial charge in [0, 0.05) is 6.42 Å². The molecule has 0 saturated carbocycles. The van der Waals surface area contributed by atoms with Crippen molar-refractivity contribution in [1.29, 1.82) is 0 Å². The maximum atomic E-state index is 13.8. The fraction of sp³-hybridized carbons (Fsp3) is 0.467. The Morgan fingerprint density at radius 2 is 1.95 bits per heavy atom. The van der Waals surface area contributed by atoms with Crippen LogP contribution >= 0.6 is 0 Å². The summed E-state index contributed by atoms with van der Waals surface area (Å²) >= 11 is 0. The lowest BCUT2D eigenvalue weighted by Gasteiger charge is -2.21. The highest BCUT2D eigenvalue weighted by atomic mass is 19.1. The number of esters is 1. The van der Waals surface area contributed by atoms with Gasteiger partial charge in [-0.15, -0.1) is 0 Å². The Morgan fingerprint density at radius 3 is 2.42 bits per heavy atom. The van der Waals surface area contributed by atoms with E-state index in [1.54, 1.807) is 26.8 Å². The van der Waals surface area contributed by atoms with Gasteiger partial charge in [-0.25, -0.2) is 4.39 Å². The molecule has 1 rings (SSSR count). The van der Waals surface area contributed by atoms with Crippen molar-refractivity contribution in [2.45, 2.75) is 33.6 Å². The topological polar surface area (TPSA) is 43.4 Å². The second-order valence-corrected chi connectivity index (χ2v) is 5.14. The van der Waals surface area contributed by atoms with Crippen molar-refractivity contribution in [1.82, 2.24) is 0 Å². The smallest absolute Gasteiger partial charge is 0.311 e. The molecule has 0 aliphatic rings. The van der Waals surface area contributed by atoms with Gasteiger partial charge in [0.15, 0.2) is 5.78 Å². The molecule has 0 atom stereocenters. The molecule has 1 aromatic carbocycles. The van der Waals surface area contributed by atoms with E-state index in [9.17, 15) is 14.0 Å². The molecule has 0 heterocycles. The van der Waals surface area contributed by atoms with Gasteiger partial charge in [-0.05, 0) is 38.0 Å². The van der Waals surface area contributed by atoms with Crippen LogP contribution in [0.3, 0.4) is 0 Å². The Bertz CT molecular complexity index is 492. The second-order valence-electron chi connectivity index (χ2n) is 5.14. The highest BCUT2D eigenvalue weighted by Gasteiger charge is 2.29. The fourth-order valence-electron chi connectivity index (χ4n) is 1.94. The van der Waals surface area contributed by atoms with E-state index in [1.807, 2.05) is 0 Å². The first-order chi connectivity index (χ1) is 8.81. The summed E-state index contributed by atoms with van der Waals surface area (Å²) < 4.78 is 18.5. The molecule has 0 saturated heterocycles. The molecule has 1 aromatic rings. The predicted octanol–water partition coefficient (Wildman–Crippen LogP) is 3.16. The highest BCUT2D eigenvalue weighted by molar-refractivity contribution is 5.96. The molecule has 0 aliphatic heterocycles. The Labute approximate surface area is 112 Å². The molecule has 19 heavy (non-hydrogen) atoms. The Hall–Kier alpha value is -1.71. The molecule has 4 heteroatoms. The van der Waals surface area contributed by atoms with E-state index in [0.29, 0.717) is 12.0 Å². The van der Waals surface area contributed by atoms with E-state index < -0.39 is 11.2 Å². The minimum atomic E-state index is -0.725. The van der Waals surface area contributed by atoms with Crippen molar-refractivity contribution in [2.75, 3.05) is 7.11 Å². The number of rotatable bonds is 5. The van der Waals surface area contributed by atoms with Crippen LogP contribution < -0.4 is 0 Å². The SMILES string of the molecule is CCC(=O)c1ccc(CC(C)(C)C(=O)OC)cc1F. The van der Waals surface area contributed by atoms with Crippen LogP contribution in [-0.4, -0.2) is 18.9 Å². The van der Waals surface area contributed by atoms with E-state index in [1.165, 1.54) is 19.2 Å². The molecule has 0 amide bonds. The standard InChI is InChI=1S/C15H19FO3/c1-5-13(17)11-7-6-10(8-12(11)16)9-15(2,3)14(18)19-4/h6-8H,5,9H2,1-4H3. The van der Waals surface area contributed by atoms with Gasteiger partial charge in [-0.1, -0.05) is 13.0 Å². The summed E-state index contributed by atoms with van der Waals surface area (Å²) in [4.78, 5) is 23.0. The molecule has 0 bridgehead atoms.